The van der Waals surface area contributed by atoms with Crippen molar-refractivity contribution in [2.75, 3.05) is 19.6 Å². The summed E-state index contributed by atoms with van der Waals surface area (Å²) in [5, 5.41) is 12.8. The third-order valence-corrected chi connectivity index (χ3v) is 5.26. The summed E-state index contributed by atoms with van der Waals surface area (Å²) < 4.78 is 5.46. The molecule has 0 unspecified atom stereocenters. The first kappa shape index (κ1) is 17.4. The van der Waals surface area contributed by atoms with Crippen molar-refractivity contribution in [1.29, 1.82) is 0 Å². The smallest absolute Gasteiger partial charge is 0.407 e. The molecule has 8 nitrogen and oxygen atoms in total. The van der Waals surface area contributed by atoms with Gasteiger partial charge in [-0.05, 0) is 18.4 Å². The van der Waals surface area contributed by atoms with Crippen molar-refractivity contribution < 1.29 is 14.3 Å². The molecular weight excluding hydrogens is 346 g/mol. The lowest BCUT2D eigenvalue weighted by atomic mass is 9.95. The highest BCUT2D eigenvalue weighted by molar-refractivity contribution is 5.75. The summed E-state index contributed by atoms with van der Waals surface area (Å²) in [6.07, 6.45) is 3.61. The lowest BCUT2D eigenvalue weighted by molar-refractivity contribution is 0.0453. The van der Waals surface area contributed by atoms with Gasteiger partial charge in [0.1, 0.15) is 5.60 Å². The lowest BCUT2D eigenvalue weighted by Crippen LogP contribution is -2.41. The summed E-state index contributed by atoms with van der Waals surface area (Å²) in [4.78, 5) is 25.8. The zero-order chi connectivity index (χ0) is 18.7. The average Bonchev–Trinajstić information content (AvgIpc) is 3.24. The molecule has 0 aliphatic carbocycles. The van der Waals surface area contributed by atoms with E-state index in [4.69, 9.17) is 4.74 Å². The van der Waals surface area contributed by atoms with Crippen molar-refractivity contribution in [3.63, 3.8) is 0 Å². The molecule has 1 atom stereocenters. The van der Waals surface area contributed by atoms with Gasteiger partial charge in [0.2, 0.25) is 0 Å². The van der Waals surface area contributed by atoms with Gasteiger partial charge in [0.05, 0.1) is 18.4 Å². The van der Waals surface area contributed by atoms with E-state index in [0.29, 0.717) is 32.6 Å². The third-order valence-electron chi connectivity index (χ3n) is 5.26. The molecule has 0 saturated carbocycles. The first-order valence-corrected chi connectivity index (χ1v) is 9.23. The minimum absolute atomic E-state index is 0.107. The number of urea groups is 1. The van der Waals surface area contributed by atoms with Crippen molar-refractivity contribution in [2.45, 2.75) is 31.4 Å². The van der Waals surface area contributed by atoms with E-state index >= 15 is 0 Å². The second kappa shape index (κ2) is 7.30. The van der Waals surface area contributed by atoms with Crippen molar-refractivity contribution in [3.05, 3.63) is 42.1 Å². The molecule has 142 valence electrons. The van der Waals surface area contributed by atoms with E-state index in [1.165, 1.54) is 0 Å². The molecule has 2 aliphatic heterocycles. The number of aromatic nitrogens is 2. The molecule has 4 rings (SSSR count). The lowest BCUT2D eigenvalue weighted by Gasteiger charge is -2.25. The van der Waals surface area contributed by atoms with Crippen LogP contribution in [0.4, 0.5) is 9.59 Å². The van der Waals surface area contributed by atoms with Gasteiger partial charge in [-0.1, -0.05) is 30.3 Å². The summed E-state index contributed by atoms with van der Waals surface area (Å²) >= 11 is 0. The molecule has 1 spiro atoms. The van der Waals surface area contributed by atoms with Gasteiger partial charge in [-0.3, -0.25) is 5.10 Å². The SMILES string of the molecule is O=C1NC[C@]2(CCCN(C(=O)NCc3cn[nH]c3-c3ccccc3)CC2)O1. The Hall–Kier alpha value is -3.03. The monoisotopic (exact) mass is 369 g/mol. The maximum absolute atomic E-state index is 12.6. The van der Waals surface area contributed by atoms with Crippen LogP contribution in [0, 0.1) is 0 Å². The molecule has 3 amide bonds. The van der Waals surface area contributed by atoms with E-state index in [0.717, 1.165) is 29.7 Å². The number of aromatic amines is 1. The fraction of sp³-hybridized carbons (Fsp3) is 0.421. The highest BCUT2D eigenvalue weighted by Gasteiger charge is 2.41. The molecule has 27 heavy (non-hydrogen) atoms. The summed E-state index contributed by atoms with van der Waals surface area (Å²) in [7, 11) is 0. The Morgan fingerprint density at radius 2 is 2.11 bits per heavy atom. The maximum Gasteiger partial charge on any atom is 0.407 e. The number of alkyl carbamates (subject to hydrolysis) is 1. The number of likely N-dealkylation sites (tertiary alicyclic amines) is 1. The van der Waals surface area contributed by atoms with Gasteiger partial charge in [-0.2, -0.15) is 5.10 Å². The van der Waals surface area contributed by atoms with Crippen LogP contribution in [0.25, 0.3) is 11.3 Å². The number of benzene rings is 1. The van der Waals surface area contributed by atoms with E-state index in [2.05, 4.69) is 20.8 Å². The van der Waals surface area contributed by atoms with Gasteiger partial charge in [-0.25, -0.2) is 9.59 Å². The van der Waals surface area contributed by atoms with Crippen LogP contribution in [0.15, 0.2) is 36.5 Å². The van der Waals surface area contributed by atoms with Crippen LogP contribution in [0.5, 0.6) is 0 Å². The van der Waals surface area contributed by atoms with Crippen LogP contribution in [-0.4, -0.2) is 52.5 Å². The highest BCUT2D eigenvalue weighted by atomic mass is 16.6. The Morgan fingerprint density at radius 1 is 1.26 bits per heavy atom. The molecule has 3 N–H and O–H groups in total. The third kappa shape index (κ3) is 3.74. The minimum atomic E-state index is -0.461. The second-order valence-electron chi connectivity index (χ2n) is 7.06. The number of hydrogen-bond acceptors (Lipinski definition) is 4. The van der Waals surface area contributed by atoms with Crippen molar-refractivity contribution in [1.82, 2.24) is 25.7 Å². The number of amides is 3. The topological polar surface area (TPSA) is 99.4 Å². The van der Waals surface area contributed by atoms with Crippen LogP contribution in [-0.2, 0) is 11.3 Å². The molecule has 2 aromatic rings. The summed E-state index contributed by atoms with van der Waals surface area (Å²) in [6.45, 7) is 2.15. The first-order valence-electron chi connectivity index (χ1n) is 9.23. The Labute approximate surface area is 157 Å². The number of rotatable bonds is 3. The van der Waals surface area contributed by atoms with E-state index < -0.39 is 5.60 Å². The van der Waals surface area contributed by atoms with Gasteiger partial charge in [-0.15, -0.1) is 0 Å². The van der Waals surface area contributed by atoms with Gasteiger partial charge >= 0.3 is 12.1 Å². The molecule has 0 radical (unpaired) electrons. The second-order valence-corrected chi connectivity index (χ2v) is 7.06. The van der Waals surface area contributed by atoms with E-state index in [1.54, 1.807) is 11.1 Å². The normalized spacial score (nSPS) is 22.2. The van der Waals surface area contributed by atoms with Gasteiger partial charge < -0.3 is 20.3 Å². The standard InChI is InChI=1S/C19H23N5O3/c25-17(24-9-4-7-19(8-10-24)13-21-18(26)27-19)20-11-15-12-22-23-16(15)14-5-2-1-3-6-14/h1-3,5-6,12H,4,7-11,13H2,(H,20,25)(H,21,26)(H,22,23)/t19-/m1/s1. The summed E-state index contributed by atoms with van der Waals surface area (Å²) in [6, 6.07) is 9.80. The van der Waals surface area contributed by atoms with Crippen LogP contribution < -0.4 is 10.6 Å². The molecule has 1 aromatic carbocycles. The largest absolute Gasteiger partial charge is 0.441 e. The molecule has 3 heterocycles. The Balaban J connectivity index is 1.35. The van der Waals surface area contributed by atoms with E-state index in [-0.39, 0.29) is 12.1 Å². The highest BCUT2D eigenvalue weighted by Crippen LogP contribution is 2.29. The Bertz CT molecular complexity index is 822. The number of H-pyrrole nitrogens is 1. The molecular formula is C19H23N5O3. The van der Waals surface area contributed by atoms with Crippen LogP contribution in [0.1, 0.15) is 24.8 Å². The predicted molar refractivity (Wildman–Crippen MR) is 98.9 cm³/mol. The van der Waals surface area contributed by atoms with Crippen molar-refractivity contribution >= 4 is 12.1 Å². The Kier molecular flexibility index (Phi) is 4.70. The maximum atomic E-state index is 12.6. The van der Waals surface area contributed by atoms with Crippen LogP contribution in [0.3, 0.4) is 0 Å². The number of nitrogens with one attached hydrogen (secondary N) is 3. The first-order chi connectivity index (χ1) is 13.2. The molecule has 8 heteroatoms. The average molecular weight is 369 g/mol. The summed E-state index contributed by atoms with van der Waals surface area (Å²) in [5.41, 5.74) is 2.42. The molecule has 2 fully saturated rings. The zero-order valence-electron chi connectivity index (χ0n) is 15.0. The van der Waals surface area contributed by atoms with Gasteiger partial charge in [0.15, 0.2) is 0 Å². The van der Waals surface area contributed by atoms with Crippen LogP contribution in [0.2, 0.25) is 0 Å². The quantitative estimate of drug-likeness (QED) is 0.773. The number of ether oxygens (including phenoxy) is 1. The molecule has 1 aromatic heterocycles. The summed E-state index contributed by atoms with van der Waals surface area (Å²) in [5.74, 6) is 0. The Morgan fingerprint density at radius 3 is 2.89 bits per heavy atom. The van der Waals surface area contributed by atoms with Crippen LogP contribution >= 0.6 is 0 Å². The molecule has 2 saturated heterocycles. The number of carbonyl (C=O) groups is 2. The molecule has 0 bridgehead atoms. The van der Waals surface area contributed by atoms with Gasteiger partial charge in [0, 0.05) is 31.6 Å². The molecule has 2 aliphatic rings. The number of nitrogens with zero attached hydrogens (tertiary/aromatic N) is 2. The fourth-order valence-electron chi connectivity index (χ4n) is 3.73. The predicted octanol–water partition coefficient (Wildman–Crippen LogP) is 2.25. The fourth-order valence-corrected chi connectivity index (χ4v) is 3.73. The van der Waals surface area contributed by atoms with E-state index in [9.17, 15) is 9.59 Å². The number of carbonyl (C=O) groups excluding carboxylic acids is 2. The minimum Gasteiger partial charge on any atom is -0.441 e. The van der Waals surface area contributed by atoms with Crippen molar-refractivity contribution in [2.24, 2.45) is 0 Å². The van der Waals surface area contributed by atoms with Gasteiger partial charge in [0.25, 0.3) is 0 Å². The van der Waals surface area contributed by atoms with Crippen molar-refractivity contribution in [3.8, 4) is 11.3 Å². The zero-order valence-corrected chi connectivity index (χ0v) is 15.0. The van der Waals surface area contributed by atoms with E-state index in [1.807, 2.05) is 30.3 Å². The number of hydrogen-bond donors (Lipinski definition) is 3.